The third-order valence-electron chi connectivity index (χ3n) is 3.02. The summed E-state index contributed by atoms with van der Waals surface area (Å²) in [6.45, 7) is 2.60. The molecular formula is C12H13BrF2O. The average Bonchev–Trinajstić information content (AvgIpc) is 2.69. The van der Waals surface area contributed by atoms with Gasteiger partial charge in [0.05, 0.1) is 10.4 Å². The van der Waals surface area contributed by atoms with E-state index in [0.29, 0.717) is 12.2 Å². The van der Waals surface area contributed by atoms with E-state index in [1.54, 1.807) is 0 Å². The lowest BCUT2D eigenvalue weighted by Crippen LogP contribution is -2.29. The molecule has 2 atom stereocenters. The lowest BCUT2D eigenvalue weighted by Gasteiger charge is -2.29. The Labute approximate surface area is 102 Å². The van der Waals surface area contributed by atoms with E-state index in [9.17, 15) is 8.78 Å². The van der Waals surface area contributed by atoms with Crippen LogP contribution < -0.4 is 0 Å². The summed E-state index contributed by atoms with van der Waals surface area (Å²) in [6, 6.07) is 3.50. The quantitative estimate of drug-likeness (QED) is 0.749. The molecule has 2 rings (SSSR count). The average molecular weight is 291 g/mol. The van der Waals surface area contributed by atoms with Gasteiger partial charge in [-0.1, -0.05) is 15.9 Å². The van der Waals surface area contributed by atoms with E-state index >= 15 is 0 Å². The number of benzene rings is 1. The molecule has 1 aromatic carbocycles. The predicted molar refractivity (Wildman–Crippen MR) is 61.6 cm³/mol. The van der Waals surface area contributed by atoms with Crippen LogP contribution in [-0.2, 0) is 4.74 Å². The van der Waals surface area contributed by atoms with Crippen molar-refractivity contribution in [2.45, 2.75) is 30.2 Å². The zero-order valence-corrected chi connectivity index (χ0v) is 10.6. The minimum Gasteiger partial charge on any atom is -0.374 e. The third kappa shape index (κ3) is 2.13. The second-order valence-corrected chi connectivity index (χ2v) is 5.21. The molecule has 0 radical (unpaired) electrons. The van der Waals surface area contributed by atoms with E-state index < -0.39 is 17.2 Å². The van der Waals surface area contributed by atoms with E-state index in [4.69, 9.17) is 4.74 Å². The first-order chi connectivity index (χ1) is 7.53. The summed E-state index contributed by atoms with van der Waals surface area (Å²) < 4.78 is 32.3. The summed E-state index contributed by atoms with van der Waals surface area (Å²) in [6.07, 6.45) is 1.80. The highest BCUT2D eigenvalue weighted by Gasteiger charge is 2.39. The van der Waals surface area contributed by atoms with Crippen molar-refractivity contribution in [3.8, 4) is 0 Å². The molecule has 1 heterocycles. The van der Waals surface area contributed by atoms with Gasteiger partial charge >= 0.3 is 0 Å². The highest BCUT2D eigenvalue weighted by molar-refractivity contribution is 9.09. The van der Waals surface area contributed by atoms with E-state index in [-0.39, 0.29) is 4.83 Å². The van der Waals surface area contributed by atoms with Gasteiger partial charge in [0.25, 0.3) is 0 Å². The van der Waals surface area contributed by atoms with Crippen LogP contribution in [0, 0.1) is 11.6 Å². The van der Waals surface area contributed by atoms with Gasteiger partial charge in [-0.25, -0.2) is 8.78 Å². The molecule has 0 aliphatic carbocycles. The molecular weight excluding hydrogens is 278 g/mol. The molecule has 16 heavy (non-hydrogen) atoms. The molecule has 0 bridgehead atoms. The van der Waals surface area contributed by atoms with Gasteiger partial charge < -0.3 is 4.74 Å². The van der Waals surface area contributed by atoms with E-state index in [1.165, 1.54) is 6.07 Å². The van der Waals surface area contributed by atoms with Gasteiger partial charge in [0.15, 0.2) is 0 Å². The summed E-state index contributed by atoms with van der Waals surface area (Å²) in [5, 5.41) is 0. The summed E-state index contributed by atoms with van der Waals surface area (Å²) in [5.74, 6) is -0.831. The van der Waals surface area contributed by atoms with E-state index in [1.807, 2.05) is 6.92 Å². The van der Waals surface area contributed by atoms with Gasteiger partial charge in [-0.2, -0.15) is 0 Å². The van der Waals surface area contributed by atoms with Crippen molar-refractivity contribution in [2.75, 3.05) is 6.61 Å². The molecule has 4 heteroatoms. The standard InChI is InChI=1S/C12H13BrF2O/c1-12(5-2-6-16-12)11(13)9-7-8(14)3-4-10(9)15/h3-4,7,11H,2,5-6H2,1H3. The Morgan fingerprint density at radius 2 is 2.19 bits per heavy atom. The van der Waals surface area contributed by atoms with Crippen molar-refractivity contribution in [3.05, 3.63) is 35.4 Å². The number of rotatable bonds is 2. The largest absolute Gasteiger partial charge is 0.374 e. The zero-order valence-electron chi connectivity index (χ0n) is 8.97. The number of hydrogen-bond acceptors (Lipinski definition) is 1. The highest BCUT2D eigenvalue weighted by atomic mass is 79.9. The van der Waals surface area contributed by atoms with E-state index in [2.05, 4.69) is 15.9 Å². The maximum Gasteiger partial charge on any atom is 0.127 e. The molecule has 88 valence electrons. The monoisotopic (exact) mass is 290 g/mol. The van der Waals surface area contributed by atoms with Crippen LogP contribution in [0.3, 0.4) is 0 Å². The van der Waals surface area contributed by atoms with Gasteiger partial charge in [0, 0.05) is 12.2 Å². The van der Waals surface area contributed by atoms with Crippen molar-refractivity contribution in [1.29, 1.82) is 0 Å². The number of ether oxygens (including phenoxy) is 1. The SMILES string of the molecule is CC1(C(Br)c2cc(F)ccc2F)CCCO1. The number of hydrogen-bond donors (Lipinski definition) is 0. The van der Waals surface area contributed by atoms with Crippen molar-refractivity contribution < 1.29 is 13.5 Å². The lowest BCUT2D eigenvalue weighted by atomic mass is 9.93. The number of alkyl halides is 1. The summed E-state index contributed by atoms with van der Waals surface area (Å²) in [5.41, 5.74) is -0.126. The molecule has 1 saturated heterocycles. The molecule has 1 aliphatic rings. The third-order valence-corrected chi connectivity index (χ3v) is 4.48. The highest BCUT2D eigenvalue weighted by Crippen LogP contribution is 2.43. The Morgan fingerprint density at radius 3 is 2.81 bits per heavy atom. The Bertz CT molecular complexity index is 389. The topological polar surface area (TPSA) is 9.23 Å². The predicted octanol–water partition coefficient (Wildman–Crippen LogP) is 3.97. The summed E-state index contributed by atoms with van der Waals surface area (Å²) >= 11 is 3.42. The van der Waals surface area contributed by atoms with Crippen LogP contribution in [0.15, 0.2) is 18.2 Å². The molecule has 0 aromatic heterocycles. The molecule has 0 saturated carbocycles. The Kier molecular flexibility index (Phi) is 3.31. The fraction of sp³-hybridized carbons (Fsp3) is 0.500. The Balaban J connectivity index is 2.32. The second-order valence-electron chi connectivity index (χ2n) is 4.29. The molecule has 0 spiro atoms. The molecule has 1 fully saturated rings. The van der Waals surface area contributed by atoms with Gasteiger partial charge in [0.2, 0.25) is 0 Å². The fourth-order valence-electron chi connectivity index (χ4n) is 2.04. The molecule has 0 amide bonds. The molecule has 1 aromatic rings. The summed E-state index contributed by atoms with van der Waals surface area (Å²) in [7, 11) is 0. The van der Waals surface area contributed by atoms with Gasteiger partial charge in [-0.05, 0) is 38.0 Å². The van der Waals surface area contributed by atoms with Crippen molar-refractivity contribution >= 4 is 15.9 Å². The normalized spacial score (nSPS) is 27.0. The maximum absolute atomic E-state index is 13.6. The zero-order chi connectivity index (χ0) is 11.8. The van der Waals surface area contributed by atoms with Crippen LogP contribution in [0.1, 0.15) is 30.2 Å². The van der Waals surface area contributed by atoms with Gasteiger partial charge in [0.1, 0.15) is 11.6 Å². The van der Waals surface area contributed by atoms with Crippen LogP contribution in [0.5, 0.6) is 0 Å². The Hall–Kier alpha value is -0.480. The molecule has 1 nitrogen and oxygen atoms in total. The van der Waals surface area contributed by atoms with Gasteiger partial charge in [-0.3, -0.25) is 0 Å². The summed E-state index contributed by atoms with van der Waals surface area (Å²) in [4.78, 5) is -0.321. The first-order valence-electron chi connectivity index (χ1n) is 5.26. The fourth-order valence-corrected chi connectivity index (χ4v) is 2.75. The van der Waals surface area contributed by atoms with Crippen LogP contribution in [0.4, 0.5) is 8.78 Å². The Morgan fingerprint density at radius 1 is 1.44 bits per heavy atom. The minimum absolute atomic E-state index is 0.321. The molecule has 2 unspecified atom stereocenters. The van der Waals surface area contributed by atoms with E-state index in [0.717, 1.165) is 25.0 Å². The van der Waals surface area contributed by atoms with Crippen molar-refractivity contribution in [3.63, 3.8) is 0 Å². The first kappa shape index (κ1) is 12.0. The minimum atomic E-state index is -0.450. The van der Waals surface area contributed by atoms with Crippen molar-refractivity contribution in [1.82, 2.24) is 0 Å². The van der Waals surface area contributed by atoms with Crippen LogP contribution in [0.25, 0.3) is 0 Å². The van der Waals surface area contributed by atoms with Gasteiger partial charge in [-0.15, -0.1) is 0 Å². The first-order valence-corrected chi connectivity index (χ1v) is 6.17. The molecule has 1 aliphatic heterocycles. The van der Waals surface area contributed by atoms with Crippen molar-refractivity contribution in [2.24, 2.45) is 0 Å². The van der Waals surface area contributed by atoms with Crippen LogP contribution in [-0.4, -0.2) is 12.2 Å². The smallest absolute Gasteiger partial charge is 0.127 e. The second kappa shape index (κ2) is 4.41. The number of halogens is 3. The van der Waals surface area contributed by atoms with Crippen LogP contribution >= 0.6 is 15.9 Å². The lowest BCUT2D eigenvalue weighted by molar-refractivity contribution is 0.0190. The molecule has 0 N–H and O–H groups in total. The van der Waals surface area contributed by atoms with Crippen LogP contribution in [0.2, 0.25) is 0 Å². The maximum atomic E-state index is 13.6.